The molecule has 0 aliphatic carbocycles. The smallest absolute Gasteiger partial charge is 0.231 e. The SMILES string of the molecule is CC(=O)CCc1ccc(Oc2ncnc3sc(-c4ccccc4)cc23)cc1. The van der Waals surface area contributed by atoms with Gasteiger partial charge >= 0.3 is 0 Å². The van der Waals surface area contributed by atoms with Crippen molar-refractivity contribution < 1.29 is 9.53 Å². The summed E-state index contributed by atoms with van der Waals surface area (Å²) in [6, 6.07) is 20.1. The largest absolute Gasteiger partial charge is 0.438 e. The van der Waals surface area contributed by atoms with Crippen LogP contribution in [0.2, 0.25) is 0 Å². The van der Waals surface area contributed by atoms with Gasteiger partial charge in [0.25, 0.3) is 0 Å². The van der Waals surface area contributed by atoms with Crippen molar-refractivity contribution in [1.82, 2.24) is 9.97 Å². The van der Waals surface area contributed by atoms with Crippen LogP contribution in [0.15, 0.2) is 67.0 Å². The zero-order valence-electron chi connectivity index (χ0n) is 14.9. The van der Waals surface area contributed by atoms with Crippen LogP contribution in [0.25, 0.3) is 20.7 Å². The van der Waals surface area contributed by atoms with E-state index in [1.54, 1.807) is 18.3 Å². The summed E-state index contributed by atoms with van der Waals surface area (Å²) >= 11 is 1.62. The van der Waals surface area contributed by atoms with Gasteiger partial charge in [-0.05, 0) is 42.7 Å². The number of nitrogens with zero attached hydrogens (tertiary/aromatic N) is 2. The molecule has 0 aliphatic rings. The van der Waals surface area contributed by atoms with Crippen molar-refractivity contribution >= 4 is 27.3 Å². The predicted molar refractivity (Wildman–Crippen MR) is 108 cm³/mol. The summed E-state index contributed by atoms with van der Waals surface area (Å²) < 4.78 is 6.01. The Kier molecular flexibility index (Phi) is 4.94. The van der Waals surface area contributed by atoms with Crippen molar-refractivity contribution in [2.24, 2.45) is 0 Å². The molecule has 0 N–H and O–H groups in total. The van der Waals surface area contributed by atoms with Gasteiger partial charge in [0.2, 0.25) is 5.88 Å². The van der Waals surface area contributed by atoms with Crippen LogP contribution in [-0.4, -0.2) is 15.8 Å². The van der Waals surface area contributed by atoms with E-state index < -0.39 is 0 Å². The molecular formula is C22H18N2O2S. The van der Waals surface area contributed by atoms with Crippen LogP contribution < -0.4 is 4.74 Å². The third kappa shape index (κ3) is 4.04. The normalized spacial score (nSPS) is 10.9. The highest BCUT2D eigenvalue weighted by molar-refractivity contribution is 7.21. The van der Waals surface area contributed by atoms with E-state index in [1.165, 1.54) is 6.33 Å². The molecule has 0 bridgehead atoms. The lowest BCUT2D eigenvalue weighted by Crippen LogP contribution is -1.94. The standard InChI is InChI=1S/C22H18N2O2S/c1-15(25)7-8-16-9-11-18(12-10-16)26-21-19-13-20(17-5-3-2-4-6-17)27-22(19)24-14-23-21/h2-6,9-14H,7-8H2,1H3. The van der Waals surface area contributed by atoms with Gasteiger partial charge in [0.15, 0.2) is 0 Å². The fourth-order valence-electron chi connectivity index (χ4n) is 2.82. The summed E-state index contributed by atoms with van der Waals surface area (Å²) in [5.41, 5.74) is 2.27. The number of ether oxygens (including phenoxy) is 1. The average Bonchev–Trinajstić information content (AvgIpc) is 3.13. The van der Waals surface area contributed by atoms with Gasteiger partial charge in [-0.25, -0.2) is 9.97 Å². The van der Waals surface area contributed by atoms with E-state index in [0.29, 0.717) is 18.1 Å². The Morgan fingerprint density at radius 3 is 2.56 bits per heavy atom. The Morgan fingerprint density at radius 2 is 1.81 bits per heavy atom. The number of hydrogen-bond acceptors (Lipinski definition) is 5. The summed E-state index contributed by atoms with van der Waals surface area (Å²) in [6.07, 6.45) is 2.84. The maximum atomic E-state index is 11.1. The fraction of sp³-hybridized carbons (Fsp3) is 0.136. The third-order valence-corrected chi connectivity index (χ3v) is 5.35. The molecule has 0 fully saturated rings. The van der Waals surface area contributed by atoms with Crippen LogP contribution in [0.5, 0.6) is 11.6 Å². The number of carbonyl (C=O) groups excluding carboxylic acids is 1. The Balaban J connectivity index is 1.58. The minimum atomic E-state index is 0.199. The molecule has 0 atom stereocenters. The first-order chi connectivity index (χ1) is 13.2. The number of carbonyl (C=O) groups is 1. The predicted octanol–water partition coefficient (Wildman–Crippen LogP) is 5.67. The molecule has 27 heavy (non-hydrogen) atoms. The minimum absolute atomic E-state index is 0.199. The lowest BCUT2D eigenvalue weighted by molar-refractivity contribution is -0.116. The fourth-order valence-corrected chi connectivity index (χ4v) is 3.81. The highest BCUT2D eigenvalue weighted by Gasteiger charge is 2.12. The molecule has 0 saturated heterocycles. The average molecular weight is 374 g/mol. The second-order valence-electron chi connectivity index (χ2n) is 6.32. The van der Waals surface area contributed by atoms with Gasteiger partial charge in [-0.15, -0.1) is 11.3 Å². The van der Waals surface area contributed by atoms with Crippen molar-refractivity contribution in [2.45, 2.75) is 19.8 Å². The molecule has 0 aliphatic heterocycles. The quantitative estimate of drug-likeness (QED) is 0.436. The Hall–Kier alpha value is -3.05. The van der Waals surface area contributed by atoms with Crippen LogP contribution >= 0.6 is 11.3 Å². The molecular weight excluding hydrogens is 356 g/mol. The molecule has 0 spiro atoms. The lowest BCUT2D eigenvalue weighted by Gasteiger charge is -2.06. The minimum Gasteiger partial charge on any atom is -0.438 e. The molecule has 4 rings (SSSR count). The van der Waals surface area contributed by atoms with E-state index >= 15 is 0 Å². The lowest BCUT2D eigenvalue weighted by atomic mass is 10.1. The van der Waals surface area contributed by atoms with Crippen molar-refractivity contribution in [2.75, 3.05) is 0 Å². The number of aromatic nitrogens is 2. The molecule has 134 valence electrons. The third-order valence-electron chi connectivity index (χ3n) is 4.25. The molecule has 0 unspecified atom stereocenters. The first kappa shape index (κ1) is 17.4. The molecule has 2 aromatic carbocycles. The number of aryl methyl sites for hydroxylation is 1. The Bertz CT molecular complexity index is 1070. The highest BCUT2D eigenvalue weighted by atomic mass is 32.1. The van der Waals surface area contributed by atoms with Crippen LogP contribution in [-0.2, 0) is 11.2 Å². The molecule has 2 heterocycles. The molecule has 0 amide bonds. The molecule has 4 aromatic rings. The van der Waals surface area contributed by atoms with Crippen molar-refractivity contribution in [3.63, 3.8) is 0 Å². The van der Waals surface area contributed by atoms with Crippen molar-refractivity contribution in [3.8, 4) is 22.1 Å². The maximum absolute atomic E-state index is 11.1. The Labute approximate surface area is 161 Å². The van der Waals surface area contributed by atoms with Gasteiger partial charge in [0.1, 0.15) is 22.7 Å². The first-order valence-electron chi connectivity index (χ1n) is 8.75. The molecule has 5 heteroatoms. The summed E-state index contributed by atoms with van der Waals surface area (Å²) in [5.74, 6) is 1.47. The van der Waals surface area contributed by atoms with Crippen molar-refractivity contribution in [1.29, 1.82) is 0 Å². The molecule has 4 nitrogen and oxygen atoms in total. The molecule has 0 radical (unpaired) electrons. The Morgan fingerprint density at radius 1 is 1.04 bits per heavy atom. The van der Waals surface area contributed by atoms with Gasteiger partial charge in [-0.2, -0.15) is 0 Å². The van der Waals surface area contributed by atoms with Gasteiger partial charge in [-0.3, -0.25) is 0 Å². The number of thiophene rings is 1. The molecule has 0 saturated carbocycles. The van der Waals surface area contributed by atoms with Gasteiger partial charge in [-0.1, -0.05) is 42.5 Å². The number of benzene rings is 2. The summed E-state index contributed by atoms with van der Waals surface area (Å²) in [4.78, 5) is 21.9. The number of hydrogen-bond donors (Lipinski definition) is 0. The maximum Gasteiger partial charge on any atom is 0.231 e. The van der Waals surface area contributed by atoms with Gasteiger partial charge in [0.05, 0.1) is 5.39 Å². The summed E-state index contributed by atoms with van der Waals surface area (Å²) in [6.45, 7) is 1.61. The van der Waals surface area contributed by atoms with Crippen molar-refractivity contribution in [3.05, 3.63) is 72.6 Å². The van der Waals surface area contributed by atoms with E-state index in [0.717, 1.165) is 32.6 Å². The van der Waals surface area contributed by atoms with E-state index in [9.17, 15) is 4.79 Å². The zero-order chi connectivity index (χ0) is 18.6. The van der Waals surface area contributed by atoms with Crippen LogP contribution in [0.4, 0.5) is 0 Å². The number of fused-ring (bicyclic) bond motifs is 1. The first-order valence-corrected chi connectivity index (χ1v) is 9.57. The highest BCUT2D eigenvalue weighted by Crippen LogP contribution is 2.37. The van der Waals surface area contributed by atoms with E-state index in [1.807, 2.05) is 42.5 Å². The van der Waals surface area contributed by atoms with Crippen LogP contribution in [0.3, 0.4) is 0 Å². The zero-order valence-corrected chi connectivity index (χ0v) is 15.7. The van der Waals surface area contributed by atoms with E-state index in [4.69, 9.17) is 4.74 Å². The monoisotopic (exact) mass is 374 g/mol. The molecule has 2 aromatic heterocycles. The van der Waals surface area contributed by atoms with E-state index in [-0.39, 0.29) is 5.78 Å². The summed E-state index contributed by atoms with van der Waals surface area (Å²) in [5, 5.41) is 0.905. The van der Waals surface area contributed by atoms with E-state index in [2.05, 4.69) is 28.2 Å². The topological polar surface area (TPSA) is 52.1 Å². The number of ketones is 1. The van der Waals surface area contributed by atoms with Crippen LogP contribution in [0, 0.1) is 0 Å². The van der Waals surface area contributed by atoms with Crippen LogP contribution in [0.1, 0.15) is 18.9 Å². The second kappa shape index (κ2) is 7.68. The van der Waals surface area contributed by atoms with Gasteiger partial charge in [0, 0.05) is 11.3 Å². The number of rotatable bonds is 6. The summed E-state index contributed by atoms with van der Waals surface area (Å²) in [7, 11) is 0. The number of Topliss-reactive ketones (excluding diaryl/α,β-unsaturated/α-hetero) is 1. The second-order valence-corrected chi connectivity index (χ2v) is 7.35. The van der Waals surface area contributed by atoms with Gasteiger partial charge < -0.3 is 9.53 Å².